The number of nitrogens with zero attached hydrogens (tertiary/aromatic N) is 2. The molecule has 43 heavy (non-hydrogen) atoms. The van der Waals surface area contributed by atoms with Gasteiger partial charge < -0.3 is 26.2 Å². The highest BCUT2D eigenvalue weighted by atomic mass is 35.5. The molecule has 0 aliphatic heterocycles. The minimum atomic E-state index is -0.617. The Morgan fingerprint density at radius 3 is 2.07 bits per heavy atom. The average molecular weight is 620 g/mol. The number of halogens is 2. The summed E-state index contributed by atoms with van der Waals surface area (Å²) < 4.78 is 0. The summed E-state index contributed by atoms with van der Waals surface area (Å²) in [5, 5.41) is 17.6. The molecule has 0 bridgehead atoms. The van der Waals surface area contributed by atoms with Crippen LogP contribution in [0.4, 0.5) is 22.7 Å². The van der Waals surface area contributed by atoms with Gasteiger partial charge in [0.2, 0.25) is 5.91 Å². The summed E-state index contributed by atoms with van der Waals surface area (Å²) in [5.41, 5.74) is 1.65. The van der Waals surface area contributed by atoms with E-state index in [9.17, 15) is 19.2 Å². The topological polar surface area (TPSA) is 148 Å². The van der Waals surface area contributed by atoms with Crippen molar-refractivity contribution in [2.75, 3.05) is 41.9 Å². The zero-order valence-electron chi connectivity index (χ0n) is 23.1. The Kier molecular flexibility index (Phi) is 10.3. The van der Waals surface area contributed by atoms with Gasteiger partial charge in [0.05, 0.1) is 21.3 Å². The normalized spacial score (nSPS) is 10.9. The van der Waals surface area contributed by atoms with Crippen LogP contribution < -0.4 is 21.3 Å². The number of amides is 4. The maximum absolute atomic E-state index is 13.0. The van der Waals surface area contributed by atoms with E-state index in [1.54, 1.807) is 60.7 Å². The number of anilines is 4. The van der Waals surface area contributed by atoms with Crippen molar-refractivity contribution in [1.82, 2.24) is 15.1 Å². The Morgan fingerprint density at radius 1 is 0.791 bits per heavy atom. The van der Waals surface area contributed by atoms with E-state index < -0.39 is 17.7 Å². The fourth-order valence-corrected chi connectivity index (χ4v) is 4.39. The van der Waals surface area contributed by atoms with Gasteiger partial charge in [-0.1, -0.05) is 47.5 Å². The largest absolute Gasteiger partial charge is 0.322 e. The van der Waals surface area contributed by atoms with Gasteiger partial charge in [-0.15, -0.1) is 0 Å². The summed E-state index contributed by atoms with van der Waals surface area (Å²) >= 11 is 12.2. The highest BCUT2D eigenvalue weighted by molar-refractivity contribution is 6.40. The number of hydrogen-bond acceptors (Lipinski definition) is 6. The van der Waals surface area contributed by atoms with E-state index in [2.05, 4.69) is 31.5 Å². The second-order valence-electron chi connectivity index (χ2n) is 9.42. The van der Waals surface area contributed by atoms with Crippen molar-refractivity contribution in [3.05, 3.63) is 112 Å². The van der Waals surface area contributed by atoms with Crippen LogP contribution in [-0.4, -0.2) is 59.4 Å². The molecule has 1 aromatic heterocycles. The summed E-state index contributed by atoms with van der Waals surface area (Å²) in [6, 6.07) is 17.7. The first-order chi connectivity index (χ1) is 20.6. The van der Waals surface area contributed by atoms with E-state index in [-0.39, 0.29) is 32.9 Å². The van der Waals surface area contributed by atoms with Gasteiger partial charge in [-0.2, -0.15) is 5.10 Å². The molecule has 0 saturated carbocycles. The standard InChI is InChI=1S/C30H27Cl2N7O4/c1-39(2)14-6-13-25(40)34-19-8-3-7-18(15-19)28(41)35-20-9-4-10-21(16-20)36-30(43)27-24(17-33-38-27)37-29(42)26-22(31)11-5-12-23(26)32/h3-13,15-17H,14H2,1-2H3,(H,33,38)(H,34,40)(H,35,41)(H,36,43)(H,37,42)/b13-6+. The molecular formula is C30H27Cl2N7O4. The van der Waals surface area contributed by atoms with Gasteiger partial charge in [-0.3, -0.25) is 24.3 Å². The van der Waals surface area contributed by atoms with E-state index >= 15 is 0 Å². The van der Waals surface area contributed by atoms with Gasteiger partial charge in [0.15, 0.2) is 5.69 Å². The van der Waals surface area contributed by atoms with Crippen molar-refractivity contribution in [3.8, 4) is 0 Å². The first kappa shape index (κ1) is 31.0. The van der Waals surface area contributed by atoms with Crippen LogP contribution in [0.25, 0.3) is 0 Å². The molecule has 0 spiro atoms. The Bertz CT molecular complexity index is 1680. The number of aromatic amines is 1. The Morgan fingerprint density at radius 2 is 1.40 bits per heavy atom. The summed E-state index contributed by atoms with van der Waals surface area (Å²) in [7, 11) is 3.79. The highest BCUT2D eigenvalue weighted by Crippen LogP contribution is 2.26. The summed E-state index contributed by atoms with van der Waals surface area (Å²) in [6.07, 6.45) is 4.52. The molecule has 0 aliphatic rings. The van der Waals surface area contributed by atoms with Crippen molar-refractivity contribution in [3.63, 3.8) is 0 Å². The molecule has 0 saturated heterocycles. The van der Waals surface area contributed by atoms with Crippen LogP contribution in [0.15, 0.2) is 85.1 Å². The highest BCUT2D eigenvalue weighted by Gasteiger charge is 2.20. The second kappa shape index (κ2) is 14.3. The number of rotatable bonds is 10. The number of likely N-dealkylation sites (N-methyl/N-ethyl adjacent to an activating group) is 1. The molecule has 0 atom stereocenters. The number of aromatic nitrogens is 2. The van der Waals surface area contributed by atoms with Crippen LogP contribution in [-0.2, 0) is 4.79 Å². The van der Waals surface area contributed by atoms with Gasteiger partial charge >= 0.3 is 0 Å². The predicted octanol–water partition coefficient (Wildman–Crippen LogP) is 5.53. The van der Waals surface area contributed by atoms with Gasteiger partial charge in [0.1, 0.15) is 0 Å². The first-order valence-corrected chi connectivity index (χ1v) is 13.6. The van der Waals surface area contributed by atoms with Crippen molar-refractivity contribution < 1.29 is 19.2 Å². The zero-order chi connectivity index (χ0) is 30.9. The van der Waals surface area contributed by atoms with Crippen LogP contribution in [0.5, 0.6) is 0 Å². The third-order valence-corrected chi connectivity index (χ3v) is 6.43. The SMILES string of the molecule is CN(C)C/C=C/C(=O)Nc1cccc(C(=O)Nc2cccc(NC(=O)c3n[nH]cc3NC(=O)c3c(Cl)cccc3Cl)c2)c1. The fraction of sp³-hybridized carbons (Fsp3) is 0.100. The minimum absolute atomic E-state index is 0.0617. The molecule has 13 heteroatoms. The minimum Gasteiger partial charge on any atom is -0.322 e. The lowest BCUT2D eigenvalue weighted by atomic mass is 10.1. The molecule has 11 nitrogen and oxygen atoms in total. The smallest absolute Gasteiger partial charge is 0.278 e. The number of H-pyrrole nitrogens is 1. The molecular weight excluding hydrogens is 593 g/mol. The molecule has 1 heterocycles. The van der Waals surface area contributed by atoms with E-state index in [0.717, 1.165) is 0 Å². The number of carbonyl (C=O) groups excluding carboxylic acids is 4. The Balaban J connectivity index is 1.39. The maximum atomic E-state index is 13.0. The van der Waals surface area contributed by atoms with Crippen molar-refractivity contribution >= 4 is 69.6 Å². The van der Waals surface area contributed by atoms with Crippen molar-refractivity contribution in [1.29, 1.82) is 0 Å². The molecule has 4 aromatic rings. The van der Waals surface area contributed by atoms with E-state index in [0.29, 0.717) is 29.2 Å². The Hall–Kier alpha value is -4.97. The number of benzene rings is 3. The molecule has 4 rings (SSSR count). The van der Waals surface area contributed by atoms with Gasteiger partial charge in [-0.05, 0) is 62.6 Å². The third-order valence-electron chi connectivity index (χ3n) is 5.80. The average Bonchev–Trinajstić information content (AvgIpc) is 3.41. The number of nitrogens with one attached hydrogen (secondary N) is 5. The third kappa shape index (κ3) is 8.52. The zero-order valence-corrected chi connectivity index (χ0v) is 24.6. The maximum Gasteiger partial charge on any atom is 0.278 e. The molecule has 0 fully saturated rings. The first-order valence-electron chi connectivity index (χ1n) is 12.8. The lowest BCUT2D eigenvalue weighted by molar-refractivity contribution is -0.111. The molecule has 3 aromatic carbocycles. The summed E-state index contributed by atoms with van der Waals surface area (Å²) in [5.74, 6) is -1.96. The summed E-state index contributed by atoms with van der Waals surface area (Å²) in [6.45, 7) is 0.619. The van der Waals surface area contributed by atoms with E-state index in [1.807, 2.05) is 19.0 Å². The van der Waals surface area contributed by atoms with Crippen molar-refractivity contribution in [2.24, 2.45) is 0 Å². The molecule has 220 valence electrons. The number of hydrogen-bond donors (Lipinski definition) is 5. The fourth-order valence-electron chi connectivity index (χ4n) is 3.82. The quantitative estimate of drug-likeness (QED) is 0.147. The predicted molar refractivity (Wildman–Crippen MR) is 168 cm³/mol. The Labute approximate surface area is 257 Å². The molecule has 5 N–H and O–H groups in total. The van der Waals surface area contributed by atoms with Gasteiger partial charge in [0.25, 0.3) is 17.7 Å². The van der Waals surface area contributed by atoms with Crippen LogP contribution >= 0.6 is 23.2 Å². The van der Waals surface area contributed by atoms with E-state index in [4.69, 9.17) is 23.2 Å². The molecule has 4 amide bonds. The lowest BCUT2D eigenvalue weighted by Crippen LogP contribution is -2.18. The molecule has 0 aliphatic carbocycles. The monoisotopic (exact) mass is 619 g/mol. The molecule has 0 radical (unpaired) electrons. The van der Waals surface area contributed by atoms with Crippen LogP contribution in [0.2, 0.25) is 10.0 Å². The van der Waals surface area contributed by atoms with Crippen LogP contribution in [0.1, 0.15) is 31.2 Å². The van der Waals surface area contributed by atoms with Gasteiger partial charge in [-0.25, -0.2) is 0 Å². The van der Waals surface area contributed by atoms with Gasteiger partial charge in [0, 0.05) is 41.4 Å². The summed E-state index contributed by atoms with van der Waals surface area (Å²) in [4.78, 5) is 52.8. The van der Waals surface area contributed by atoms with Crippen molar-refractivity contribution in [2.45, 2.75) is 0 Å². The molecule has 0 unspecified atom stereocenters. The lowest BCUT2D eigenvalue weighted by Gasteiger charge is -2.11. The van der Waals surface area contributed by atoms with E-state index in [1.165, 1.54) is 24.4 Å². The second-order valence-corrected chi connectivity index (χ2v) is 10.2. The van der Waals surface area contributed by atoms with Crippen LogP contribution in [0.3, 0.4) is 0 Å². The number of carbonyl (C=O) groups is 4. The van der Waals surface area contributed by atoms with Crippen LogP contribution in [0, 0.1) is 0 Å².